The van der Waals surface area contributed by atoms with Gasteiger partial charge in [-0.3, -0.25) is 4.79 Å². The third-order valence-corrected chi connectivity index (χ3v) is 5.79. The molecule has 0 atom stereocenters. The van der Waals surface area contributed by atoms with Crippen molar-refractivity contribution in [1.29, 1.82) is 0 Å². The maximum atomic E-state index is 13.1. The third-order valence-electron chi connectivity index (χ3n) is 4.72. The second kappa shape index (κ2) is 8.09. The highest BCUT2D eigenvalue weighted by molar-refractivity contribution is 7.21. The van der Waals surface area contributed by atoms with Crippen LogP contribution in [0.4, 0.5) is 0 Å². The standard InChI is InChI=1S/C23H23N3O2S/c1-4-28-18-9-7-17(8-10-18)14-24-22(27)21-20(26-11-5-6-12-26)19-15(2)13-16(3)25-23(19)29-21/h5-13H,4,14H2,1-3H3,(H,24,27). The van der Waals surface area contributed by atoms with Crippen molar-refractivity contribution in [2.75, 3.05) is 6.61 Å². The van der Waals surface area contributed by atoms with E-state index in [4.69, 9.17) is 4.74 Å². The van der Waals surface area contributed by atoms with Crippen molar-refractivity contribution in [2.45, 2.75) is 27.3 Å². The van der Waals surface area contributed by atoms with E-state index < -0.39 is 0 Å². The average Bonchev–Trinajstić information content (AvgIpc) is 3.35. The Morgan fingerprint density at radius 1 is 1.17 bits per heavy atom. The van der Waals surface area contributed by atoms with Gasteiger partial charge in [-0.15, -0.1) is 11.3 Å². The molecule has 3 heterocycles. The summed E-state index contributed by atoms with van der Waals surface area (Å²) < 4.78 is 7.47. The van der Waals surface area contributed by atoms with E-state index in [9.17, 15) is 4.79 Å². The first-order valence-electron chi connectivity index (χ1n) is 9.61. The predicted molar refractivity (Wildman–Crippen MR) is 117 cm³/mol. The van der Waals surface area contributed by atoms with Gasteiger partial charge in [0, 0.05) is 30.0 Å². The summed E-state index contributed by atoms with van der Waals surface area (Å²) in [6.45, 7) is 7.10. The van der Waals surface area contributed by atoms with Gasteiger partial charge in [0.05, 0.1) is 12.3 Å². The summed E-state index contributed by atoms with van der Waals surface area (Å²) in [4.78, 5) is 19.3. The van der Waals surface area contributed by atoms with Gasteiger partial charge in [-0.05, 0) is 62.2 Å². The number of amides is 1. The Hall–Kier alpha value is -3.12. The number of pyridine rings is 1. The second-order valence-corrected chi connectivity index (χ2v) is 7.89. The molecule has 0 bridgehead atoms. The number of aromatic nitrogens is 2. The van der Waals surface area contributed by atoms with Gasteiger partial charge in [-0.2, -0.15) is 0 Å². The first kappa shape index (κ1) is 19.2. The molecular weight excluding hydrogens is 382 g/mol. The van der Waals surface area contributed by atoms with Gasteiger partial charge in [-0.25, -0.2) is 4.98 Å². The van der Waals surface area contributed by atoms with E-state index in [-0.39, 0.29) is 5.91 Å². The van der Waals surface area contributed by atoms with Gasteiger partial charge in [-0.1, -0.05) is 12.1 Å². The molecule has 1 amide bonds. The average molecular weight is 406 g/mol. The van der Waals surface area contributed by atoms with Crippen LogP contribution in [0.15, 0.2) is 54.9 Å². The topological polar surface area (TPSA) is 56.1 Å². The number of nitrogens with zero attached hydrogens (tertiary/aromatic N) is 2. The number of ether oxygens (including phenoxy) is 1. The zero-order valence-corrected chi connectivity index (χ0v) is 17.5. The Bertz CT molecular complexity index is 1150. The molecule has 0 aliphatic rings. The number of hydrogen-bond donors (Lipinski definition) is 1. The molecule has 29 heavy (non-hydrogen) atoms. The van der Waals surface area contributed by atoms with Crippen LogP contribution in [-0.2, 0) is 6.54 Å². The summed E-state index contributed by atoms with van der Waals surface area (Å²) in [6, 6.07) is 13.8. The van der Waals surface area contributed by atoms with Gasteiger partial charge in [0.15, 0.2) is 0 Å². The van der Waals surface area contributed by atoms with Crippen LogP contribution in [0.2, 0.25) is 0 Å². The van der Waals surface area contributed by atoms with E-state index in [2.05, 4.69) is 23.3 Å². The minimum Gasteiger partial charge on any atom is -0.494 e. The molecule has 0 radical (unpaired) electrons. The number of thiophene rings is 1. The van der Waals surface area contributed by atoms with Crippen molar-refractivity contribution in [1.82, 2.24) is 14.9 Å². The lowest BCUT2D eigenvalue weighted by Crippen LogP contribution is -2.23. The summed E-state index contributed by atoms with van der Waals surface area (Å²) in [5, 5.41) is 4.08. The molecule has 0 fully saturated rings. The van der Waals surface area contributed by atoms with Gasteiger partial charge < -0.3 is 14.6 Å². The smallest absolute Gasteiger partial charge is 0.263 e. The minimum atomic E-state index is -0.0948. The third kappa shape index (κ3) is 3.89. The molecular formula is C23H23N3O2S. The fraction of sp³-hybridized carbons (Fsp3) is 0.217. The lowest BCUT2D eigenvalue weighted by atomic mass is 10.1. The molecule has 4 aromatic rings. The number of rotatable bonds is 6. The summed E-state index contributed by atoms with van der Waals surface area (Å²) in [7, 11) is 0. The largest absolute Gasteiger partial charge is 0.494 e. The lowest BCUT2D eigenvalue weighted by Gasteiger charge is -2.09. The molecule has 0 saturated heterocycles. The van der Waals surface area contributed by atoms with E-state index >= 15 is 0 Å². The molecule has 0 spiro atoms. The number of nitrogens with one attached hydrogen (secondary N) is 1. The van der Waals surface area contributed by atoms with Gasteiger partial charge >= 0.3 is 0 Å². The van der Waals surface area contributed by atoms with Crippen LogP contribution in [0, 0.1) is 13.8 Å². The van der Waals surface area contributed by atoms with E-state index in [0.29, 0.717) is 18.0 Å². The van der Waals surface area contributed by atoms with Crippen LogP contribution >= 0.6 is 11.3 Å². The van der Waals surface area contributed by atoms with Crippen molar-refractivity contribution < 1.29 is 9.53 Å². The molecule has 0 saturated carbocycles. The van der Waals surface area contributed by atoms with Crippen molar-refractivity contribution in [3.63, 3.8) is 0 Å². The highest BCUT2D eigenvalue weighted by atomic mass is 32.1. The maximum Gasteiger partial charge on any atom is 0.263 e. The SMILES string of the molecule is CCOc1ccc(CNC(=O)c2sc3nc(C)cc(C)c3c2-n2cccc2)cc1. The van der Waals surface area contributed by atoms with E-state index in [1.807, 2.05) is 67.2 Å². The number of carbonyl (C=O) groups excluding carboxylic acids is 1. The Morgan fingerprint density at radius 2 is 1.90 bits per heavy atom. The highest BCUT2D eigenvalue weighted by Crippen LogP contribution is 2.35. The zero-order chi connectivity index (χ0) is 20.4. The Morgan fingerprint density at radius 3 is 2.59 bits per heavy atom. The Kier molecular flexibility index (Phi) is 5.36. The molecule has 1 aromatic carbocycles. The molecule has 5 nitrogen and oxygen atoms in total. The van der Waals surface area contributed by atoms with Crippen molar-refractivity contribution in [3.8, 4) is 11.4 Å². The molecule has 4 rings (SSSR count). The van der Waals surface area contributed by atoms with Crippen LogP contribution in [-0.4, -0.2) is 22.1 Å². The number of benzene rings is 1. The number of carbonyl (C=O) groups is 1. The molecule has 148 valence electrons. The van der Waals surface area contributed by atoms with Gasteiger partial charge in [0.1, 0.15) is 15.5 Å². The molecule has 0 aliphatic heterocycles. The number of hydrogen-bond acceptors (Lipinski definition) is 4. The molecule has 0 unspecified atom stereocenters. The summed E-state index contributed by atoms with van der Waals surface area (Å²) >= 11 is 1.44. The molecule has 1 N–H and O–H groups in total. The van der Waals surface area contributed by atoms with Crippen molar-refractivity contribution >= 4 is 27.5 Å². The summed E-state index contributed by atoms with van der Waals surface area (Å²) in [6.07, 6.45) is 3.92. The molecule has 0 aliphatic carbocycles. The number of fused-ring (bicyclic) bond motifs is 1. The van der Waals surface area contributed by atoms with Crippen LogP contribution in [0.3, 0.4) is 0 Å². The van der Waals surface area contributed by atoms with Gasteiger partial charge in [0.25, 0.3) is 5.91 Å². The van der Waals surface area contributed by atoms with Crippen LogP contribution in [0.25, 0.3) is 15.9 Å². The first-order chi connectivity index (χ1) is 14.1. The van der Waals surface area contributed by atoms with E-state index in [1.165, 1.54) is 11.3 Å². The minimum absolute atomic E-state index is 0.0948. The molecule has 3 aromatic heterocycles. The Balaban J connectivity index is 1.65. The van der Waals surface area contributed by atoms with Crippen LogP contribution in [0.5, 0.6) is 5.75 Å². The maximum absolute atomic E-state index is 13.1. The fourth-order valence-electron chi connectivity index (χ4n) is 3.44. The van der Waals surface area contributed by atoms with E-state index in [0.717, 1.165) is 38.5 Å². The normalized spacial score (nSPS) is 11.0. The summed E-state index contributed by atoms with van der Waals surface area (Å²) in [5.74, 6) is 0.738. The van der Waals surface area contributed by atoms with E-state index in [1.54, 1.807) is 0 Å². The zero-order valence-electron chi connectivity index (χ0n) is 16.7. The monoisotopic (exact) mass is 405 g/mol. The summed E-state index contributed by atoms with van der Waals surface area (Å²) in [5.41, 5.74) is 3.99. The molecule has 6 heteroatoms. The Labute approximate surface area is 174 Å². The quantitative estimate of drug-likeness (QED) is 0.489. The van der Waals surface area contributed by atoms with Crippen LogP contribution in [0.1, 0.15) is 33.4 Å². The highest BCUT2D eigenvalue weighted by Gasteiger charge is 2.22. The predicted octanol–water partition coefficient (Wildman–Crippen LogP) is 5.03. The van der Waals surface area contributed by atoms with Gasteiger partial charge in [0.2, 0.25) is 0 Å². The first-order valence-corrected chi connectivity index (χ1v) is 10.4. The van der Waals surface area contributed by atoms with Crippen molar-refractivity contribution in [3.05, 3.63) is 76.6 Å². The van der Waals surface area contributed by atoms with Crippen molar-refractivity contribution in [2.24, 2.45) is 0 Å². The van der Waals surface area contributed by atoms with Crippen LogP contribution < -0.4 is 10.1 Å². The lowest BCUT2D eigenvalue weighted by molar-refractivity contribution is 0.0955. The number of aryl methyl sites for hydroxylation is 2. The fourth-order valence-corrected chi connectivity index (χ4v) is 4.65. The second-order valence-electron chi connectivity index (χ2n) is 6.89.